The van der Waals surface area contributed by atoms with E-state index in [2.05, 4.69) is 20.9 Å². The van der Waals surface area contributed by atoms with Crippen LogP contribution in [-0.2, 0) is 9.59 Å². The molecule has 0 spiro atoms. The van der Waals surface area contributed by atoms with Crippen molar-refractivity contribution < 1.29 is 14.3 Å². The van der Waals surface area contributed by atoms with Gasteiger partial charge in [0.2, 0.25) is 11.8 Å². The van der Waals surface area contributed by atoms with Gasteiger partial charge in [-0.25, -0.2) is 0 Å². The van der Waals surface area contributed by atoms with Crippen molar-refractivity contribution in [1.82, 2.24) is 10.6 Å². The van der Waals surface area contributed by atoms with Gasteiger partial charge in [0, 0.05) is 37.8 Å². The summed E-state index contributed by atoms with van der Waals surface area (Å²) in [5.74, 6) is 0.383. The molecule has 4 rings (SSSR count). The molecular formula is C16H20N4O3. The van der Waals surface area contributed by atoms with E-state index < -0.39 is 0 Å². The van der Waals surface area contributed by atoms with Gasteiger partial charge in [0.1, 0.15) is 18.4 Å². The lowest BCUT2D eigenvalue weighted by Crippen LogP contribution is -2.55. The summed E-state index contributed by atoms with van der Waals surface area (Å²) in [4.78, 5) is 25.4. The van der Waals surface area contributed by atoms with E-state index in [0.29, 0.717) is 25.5 Å². The molecular weight excluding hydrogens is 296 g/mol. The summed E-state index contributed by atoms with van der Waals surface area (Å²) in [6, 6.07) is 5.96. The molecule has 2 fully saturated rings. The van der Waals surface area contributed by atoms with Crippen LogP contribution < -0.4 is 25.6 Å². The average molecular weight is 316 g/mol. The number of nitrogens with one attached hydrogen (secondary N) is 3. The van der Waals surface area contributed by atoms with Gasteiger partial charge in [0.25, 0.3) is 0 Å². The molecule has 2 unspecified atom stereocenters. The summed E-state index contributed by atoms with van der Waals surface area (Å²) < 4.78 is 5.89. The highest BCUT2D eigenvalue weighted by Gasteiger charge is 2.30. The Morgan fingerprint density at radius 2 is 2.22 bits per heavy atom. The van der Waals surface area contributed by atoms with E-state index in [-0.39, 0.29) is 17.9 Å². The number of rotatable bonds is 2. The molecule has 1 aromatic carbocycles. The summed E-state index contributed by atoms with van der Waals surface area (Å²) in [7, 11) is 0. The normalized spacial score (nSPS) is 26.7. The highest BCUT2D eigenvalue weighted by atomic mass is 16.5. The zero-order valence-corrected chi connectivity index (χ0v) is 12.8. The lowest BCUT2D eigenvalue weighted by molar-refractivity contribution is -0.133. The van der Waals surface area contributed by atoms with Gasteiger partial charge in [-0.3, -0.25) is 14.9 Å². The van der Waals surface area contributed by atoms with Gasteiger partial charge in [-0.05, 0) is 18.6 Å². The Hall–Kier alpha value is -2.28. The SMILES string of the molecule is O=C1CCC(Nc2ccc3c(c2)OCC2CNCCN32)C(=O)N1. The van der Waals surface area contributed by atoms with E-state index in [1.807, 2.05) is 18.2 Å². The predicted molar refractivity (Wildman–Crippen MR) is 85.7 cm³/mol. The Morgan fingerprint density at radius 1 is 1.30 bits per heavy atom. The van der Waals surface area contributed by atoms with Crippen LogP contribution in [0.25, 0.3) is 0 Å². The van der Waals surface area contributed by atoms with Crippen LogP contribution in [0, 0.1) is 0 Å². The Balaban J connectivity index is 1.51. The van der Waals surface area contributed by atoms with Gasteiger partial charge >= 0.3 is 0 Å². The van der Waals surface area contributed by atoms with Crippen molar-refractivity contribution in [2.24, 2.45) is 0 Å². The molecule has 0 aliphatic carbocycles. The molecule has 7 nitrogen and oxygen atoms in total. The maximum Gasteiger partial charge on any atom is 0.249 e. The zero-order valence-electron chi connectivity index (χ0n) is 12.8. The fraction of sp³-hybridized carbons (Fsp3) is 0.500. The molecule has 1 aromatic rings. The number of amides is 2. The smallest absolute Gasteiger partial charge is 0.249 e. The van der Waals surface area contributed by atoms with Crippen LogP contribution in [0.1, 0.15) is 12.8 Å². The first-order valence-electron chi connectivity index (χ1n) is 8.05. The molecule has 2 amide bonds. The molecule has 2 atom stereocenters. The lowest BCUT2D eigenvalue weighted by Gasteiger charge is -2.42. The number of fused-ring (bicyclic) bond motifs is 3. The predicted octanol–water partition coefficient (Wildman–Crippen LogP) is 0.0743. The number of ether oxygens (including phenoxy) is 1. The van der Waals surface area contributed by atoms with Crippen molar-refractivity contribution in [3.8, 4) is 5.75 Å². The second-order valence-corrected chi connectivity index (χ2v) is 6.19. The summed E-state index contributed by atoms with van der Waals surface area (Å²) in [5, 5.41) is 8.94. The monoisotopic (exact) mass is 316 g/mol. The number of piperazine rings is 1. The van der Waals surface area contributed by atoms with Crippen LogP contribution in [0.2, 0.25) is 0 Å². The third kappa shape index (κ3) is 2.72. The number of piperidine rings is 1. The number of hydrogen-bond acceptors (Lipinski definition) is 6. The van der Waals surface area contributed by atoms with Crippen molar-refractivity contribution in [2.45, 2.75) is 24.9 Å². The van der Waals surface area contributed by atoms with Gasteiger partial charge in [-0.15, -0.1) is 0 Å². The third-order valence-electron chi connectivity index (χ3n) is 4.63. The second kappa shape index (κ2) is 5.73. The average Bonchev–Trinajstić information content (AvgIpc) is 2.57. The maximum absolute atomic E-state index is 11.8. The fourth-order valence-electron chi connectivity index (χ4n) is 3.40. The minimum atomic E-state index is -0.374. The molecule has 7 heteroatoms. The Kier molecular flexibility index (Phi) is 3.57. The number of nitrogens with zero attached hydrogens (tertiary/aromatic N) is 1. The first kappa shape index (κ1) is 14.3. The molecule has 3 aliphatic heterocycles. The van der Waals surface area contributed by atoms with Gasteiger partial charge in [-0.1, -0.05) is 0 Å². The van der Waals surface area contributed by atoms with Crippen LogP contribution in [0.4, 0.5) is 11.4 Å². The molecule has 3 N–H and O–H groups in total. The molecule has 3 aliphatic rings. The summed E-state index contributed by atoms with van der Waals surface area (Å²) in [5.41, 5.74) is 1.95. The van der Waals surface area contributed by atoms with Gasteiger partial charge < -0.3 is 20.3 Å². The minimum absolute atomic E-state index is 0.202. The molecule has 0 radical (unpaired) electrons. The van der Waals surface area contributed by atoms with Crippen LogP contribution in [0.5, 0.6) is 5.75 Å². The van der Waals surface area contributed by atoms with Crippen molar-refractivity contribution in [2.75, 3.05) is 36.5 Å². The molecule has 2 saturated heterocycles. The number of hydrogen-bond donors (Lipinski definition) is 3. The van der Waals surface area contributed by atoms with Crippen molar-refractivity contribution in [1.29, 1.82) is 0 Å². The number of carbonyl (C=O) groups is 2. The van der Waals surface area contributed by atoms with E-state index in [9.17, 15) is 9.59 Å². The lowest BCUT2D eigenvalue weighted by atomic mass is 10.1. The van der Waals surface area contributed by atoms with Crippen molar-refractivity contribution in [3.63, 3.8) is 0 Å². The summed E-state index contributed by atoms with van der Waals surface area (Å²) >= 11 is 0. The quantitative estimate of drug-likeness (QED) is 0.670. The first-order valence-corrected chi connectivity index (χ1v) is 8.05. The van der Waals surface area contributed by atoms with E-state index >= 15 is 0 Å². The zero-order chi connectivity index (χ0) is 15.8. The Labute approximate surface area is 134 Å². The van der Waals surface area contributed by atoms with Crippen molar-refractivity contribution in [3.05, 3.63) is 18.2 Å². The number of benzene rings is 1. The highest BCUT2D eigenvalue weighted by molar-refractivity contribution is 6.01. The van der Waals surface area contributed by atoms with Gasteiger partial charge in [-0.2, -0.15) is 0 Å². The topological polar surface area (TPSA) is 82.7 Å². The Bertz CT molecular complexity index is 648. The first-order chi connectivity index (χ1) is 11.2. The van der Waals surface area contributed by atoms with Crippen molar-refractivity contribution >= 4 is 23.2 Å². The molecule has 0 aromatic heterocycles. The van der Waals surface area contributed by atoms with Crippen LogP contribution in [0.15, 0.2) is 18.2 Å². The largest absolute Gasteiger partial charge is 0.489 e. The fourth-order valence-corrected chi connectivity index (χ4v) is 3.40. The van der Waals surface area contributed by atoms with E-state index in [0.717, 1.165) is 36.8 Å². The molecule has 0 saturated carbocycles. The van der Waals surface area contributed by atoms with Crippen LogP contribution in [0.3, 0.4) is 0 Å². The number of carbonyl (C=O) groups excluding carboxylic acids is 2. The summed E-state index contributed by atoms with van der Waals surface area (Å²) in [6.45, 7) is 3.56. The molecule has 3 heterocycles. The minimum Gasteiger partial charge on any atom is -0.489 e. The standard InChI is InChI=1S/C16H20N4O3/c21-15-4-2-12(16(22)19-15)18-10-1-3-13-14(7-10)23-9-11-8-17-5-6-20(11)13/h1,3,7,11-12,17-18H,2,4-6,8-9H2,(H,19,21,22). The Morgan fingerprint density at radius 3 is 3.09 bits per heavy atom. The van der Waals surface area contributed by atoms with E-state index in [1.165, 1.54) is 0 Å². The molecule has 122 valence electrons. The highest BCUT2D eigenvalue weighted by Crippen LogP contribution is 2.36. The molecule has 0 bridgehead atoms. The van der Waals surface area contributed by atoms with Crippen LogP contribution in [-0.4, -0.2) is 50.1 Å². The van der Waals surface area contributed by atoms with E-state index in [1.54, 1.807) is 0 Å². The summed E-state index contributed by atoms with van der Waals surface area (Å²) in [6.07, 6.45) is 0.885. The van der Waals surface area contributed by atoms with Gasteiger partial charge in [0.05, 0.1) is 11.7 Å². The molecule has 23 heavy (non-hydrogen) atoms. The number of imide groups is 1. The van der Waals surface area contributed by atoms with Gasteiger partial charge in [0.15, 0.2) is 0 Å². The maximum atomic E-state index is 11.8. The van der Waals surface area contributed by atoms with E-state index in [4.69, 9.17) is 4.74 Å². The van der Waals surface area contributed by atoms with Crippen LogP contribution >= 0.6 is 0 Å². The number of anilines is 2. The second-order valence-electron chi connectivity index (χ2n) is 6.19. The third-order valence-corrected chi connectivity index (χ3v) is 4.63.